The molecule has 0 spiro atoms. The second-order valence-corrected chi connectivity index (χ2v) is 9.86. The van der Waals surface area contributed by atoms with Gasteiger partial charge in [-0.05, 0) is 52.8 Å². The summed E-state index contributed by atoms with van der Waals surface area (Å²) < 4.78 is 11.6. The molecule has 2 heteroatoms. The maximum absolute atomic E-state index is 5.85. The monoisotopic (exact) mass is 382 g/mol. The molecule has 2 nitrogen and oxygen atoms in total. The van der Waals surface area contributed by atoms with Crippen molar-refractivity contribution in [3.8, 4) is 5.75 Å². The van der Waals surface area contributed by atoms with Crippen molar-refractivity contribution >= 4 is 0 Å². The minimum atomic E-state index is 0.161. The van der Waals surface area contributed by atoms with E-state index in [9.17, 15) is 0 Å². The fourth-order valence-corrected chi connectivity index (χ4v) is 4.01. The first-order chi connectivity index (χ1) is 13.2. The number of hydrogen-bond acceptors (Lipinski definition) is 2. The van der Waals surface area contributed by atoms with Gasteiger partial charge in [-0.15, -0.1) is 0 Å². The molecule has 0 aromatic heterocycles. The molecule has 0 N–H and O–H groups in total. The highest BCUT2D eigenvalue weighted by molar-refractivity contribution is 5.31. The molecule has 0 heterocycles. The molecule has 0 amide bonds. The summed E-state index contributed by atoms with van der Waals surface area (Å²) in [7, 11) is 0. The van der Waals surface area contributed by atoms with E-state index in [4.69, 9.17) is 9.47 Å². The molecule has 2 aromatic rings. The molecule has 1 unspecified atom stereocenters. The molecular formula is C26H38O2. The number of benzene rings is 2. The zero-order valence-corrected chi connectivity index (χ0v) is 18.6. The van der Waals surface area contributed by atoms with E-state index < -0.39 is 0 Å². The van der Waals surface area contributed by atoms with Gasteiger partial charge >= 0.3 is 0 Å². The Morgan fingerprint density at radius 3 is 2.07 bits per heavy atom. The van der Waals surface area contributed by atoms with E-state index in [0.29, 0.717) is 24.5 Å². The van der Waals surface area contributed by atoms with Gasteiger partial charge in [-0.3, -0.25) is 0 Å². The molecule has 0 saturated carbocycles. The first kappa shape index (κ1) is 22.5. The minimum Gasteiger partial charge on any atom is -0.491 e. The summed E-state index contributed by atoms with van der Waals surface area (Å²) >= 11 is 0. The van der Waals surface area contributed by atoms with Crippen LogP contribution in [0.1, 0.15) is 59.1 Å². The van der Waals surface area contributed by atoms with Gasteiger partial charge in [-0.1, -0.05) is 84.0 Å². The Labute approximate surface area is 172 Å². The van der Waals surface area contributed by atoms with Gasteiger partial charge in [0.25, 0.3) is 0 Å². The van der Waals surface area contributed by atoms with Gasteiger partial charge < -0.3 is 9.47 Å². The normalized spacial score (nSPS) is 13.4. The van der Waals surface area contributed by atoms with Crippen molar-refractivity contribution in [3.05, 3.63) is 65.7 Å². The molecule has 0 bridgehead atoms. The molecule has 0 saturated heterocycles. The van der Waals surface area contributed by atoms with Crippen LogP contribution in [0.2, 0.25) is 0 Å². The highest BCUT2D eigenvalue weighted by Gasteiger charge is 2.27. The van der Waals surface area contributed by atoms with Gasteiger partial charge in [0.15, 0.2) is 0 Å². The summed E-state index contributed by atoms with van der Waals surface area (Å²) in [6.45, 7) is 15.7. The average Bonchev–Trinajstić information content (AvgIpc) is 2.61. The van der Waals surface area contributed by atoms with E-state index >= 15 is 0 Å². The van der Waals surface area contributed by atoms with Crippen LogP contribution in [0.4, 0.5) is 0 Å². The van der Waals surface area contributed by atoms with Crippen LogP contribution in [0.25, 0.3) is 0 Å². The van der Waals surface area contributed by atoms with Gasteiger partial charge in [-0.2, -0.15) is 0 Å². The molecular weight excluding hydrogens is 344 g/mol. The third-order valence-electron chi connectivity index (χ3n) is 4.93. The second-order valence-electron chi connectivity index (χ2n) is 9.86. The van der Waals surface area contributed by atoms with Gasteiger partial charge in [0.05, 0.1) is 6.61 Å². The third kappa shape index (κ3) is 8.06. The maximum Gasteiger partial charge on any atom is 0.119 e. The molecule has 2 aromatic carbocycles. The molecule has 1 atom stereocenters. The molecule has 0 aliphatic heterocycles. The van der Waals surface area contributed by atoms with Gasteiger partial charge in [0.2, 0.25) is 0 Å². The van der Waals surface area contributed by atoms with Crippen molar-refractivity contribution in [2.45, 2.75) is 59.8 Å². The van der Waals surface area contributed by atoms with Crippen LogP contribution in [-0.2, 0) is 16.6 Å². The topological polar surface area (TPSA) is 18.5 Å². The van der Waals surface area contributed by atoms with Crippen molar-refractivity contribution in [3.63, 3.8) is 0 Å². The Morgan fingerprint density at radius 1 is 0.821 bits per heavy atom. The summed E-state index contributed by atoms with van der Waals surface area (Å²) in [5.41, 5.74) is 3.20. The van der Waals surface area contributed by atoms with Crippen molar-refractivity contribution in [1.29, 1.82) is 0 Å². The lowest BCUT2D eigenvalue weighted by atomic mass is 9.72. The standard InChI is InChI=1S/C26H38O2/c1-21(18-22-10-8-7-9-11-22)19-27-16-17-28-24-14-12-23(13-15-24)26(5,6)20-25(2,3)4/h7-15,21H,16-20H2,1-6H3. The fourth-order valence-electron chi connectivity index (χ4n) is 4.01. The van der Waals surface area contributed by atoms with Crippen LogP contribution in [0, 0.1) is 11.3 Å². The molecule has 0 fully saturated rings. The Balaban J connectivity index is 1.69. The fraction of sp³-hybridized carbons (Fsp3) is 0.538. The Morgan fingerprint density at radius 2 is 1.46 bits per heavy atom. The third-order valence-corrected chi connectivity index (χ3v) is 4.93. The number of ether oxygens (including phenoxy) is 2. The summed E-state index contributed by atoms with van der Waals surface area (Å²) in [5, 5.41) is 0. The molecule has 2 rings (SSSR count). The van der Waals surface area contributed by atoms with Gasteiger partial charge in [-0.25, -0.2) is 0 Å². The predicted octanol–water partition coefficient (Wildman–Crippen LogP) is 6.67. The molecule has 28 heavy (non-hydrogen) atoms. The first-order valence-corrected chi connectivity index (χ1v) is 10.5. The molecule has 154 valence electrons. The van der Waals surface area contributed by atoms with Crippen LogP contribution < -0.4 is 4.74 Å². The zero-order chi connectivity index (χ0) is 20.6. The van der Waals surface area contributed by atoms with E-state index in [1.54, 1.807) is 0 Å². The largest absolute Gasteiger partial charge is 0.491 e. The Bertz CT molecular complexity index is 681. The van der Waals surface area contributed by atoms with Crippen LogP contribution in [0.15, 0.2) is 54.6 Å². The Hall–Kier alpha value is -1.80. The lowest BCUT2D eigenvalue weighted by Gasteiger charge is -2.33. The van der Waals surface area contributed by atoms with Crippen LogP contribution in [0.5, 0.6) is 5.75 Å². The summed E-state index contributed by atoms with van der Waals surface area (Å²) in [6.07, 6.45) is 2.20. The second kappa shape index (κ2) is 10.1. The highest BCUT2D eigenvalue weighted by atomic mass is 16.5. The number of hydrogen-bond donors (Lipinski definition) is 0. The lowest BCUT2D eigenvalue weighted by molar-refractivity contribution is 0.0780. The zero-order valence-electron chi connectivity index (χ0n) is 18.6. The quantitative estimate of drug-likeness (QED) is 0.427. The smallest absolute Gasteiger partial charge is 0.119 e. The van der Waals surface area contributed by atoms with E-state index in [1.165, 1.54) is 11.1 Å². The van der Waals surface area contributed by atoms with Crippen molar-refractivity contribution < 1.29 is 9.47 Å². The lowest BCUT2D eigenvalue weighted by Crippen LogP contribution is -2.24. The van der Waals surface area contributed by atoms with E-state index in [0.717, 1.165) is 25.2 Å². The maximum atomic E-state index is 5.85. The Kier molecular flexibility index (Phi) is 8.12. The van der Waals surface area contributed by atoms with Crippen molar-refractivity contribution in [2.75, 3.05) is 19.8 Å². The average molecular weight is 383 g/mol. The summed E-state index contributed by atoms with van der Waals surface area (Å²) in [4.78, 5) is 0. The van der Waals surface area contributed by atoms with Crippen LogP contribution in [0.3, 0.4) is 0 Å². The van der Waals surface area contributed by atoms with Crippen LogP contribution in [-0.4, -0.2) is 19.8 Å². The first-order valence-electron chi connectivity index (χ1n) is 10.5. The highest BCUT2D eigenvalue weighted by Crippen LogP contribution is 2.36. The van der Waals surface area contributed by atoms with Crippen molar-refractivity contribution in [2.24, 2.45) is 11.3 Å². The number of rotatable bonds is 10. The summed E-state index contributed by atoms with van der Waals surface area (Å²) in [5.74, 6) is 1.42. The molecule has 0 aliphatic carbocycles. The molecule has 0 radical (unpaired) electrons. The molecule has 0 aliphatic rings. The van der Waals surface area contributed by atoms with E-state index in [1.807, 2.05) is 0 Å². The summed E-state index contributed by atoms with van der Waals surface area (Å²) in [6, 6.07) is 19.1. The van der Waals surface area contributed by atoms with E-state index in [-0.39, 0.29) is 5.41 Å². The minimum absolute atomic E-state index is 0.161. The predicted molar refractivity (Wildman–Crippen MR) is 119 cm³/mol. The van der Waals surface area contributed by atoms with Gasteiger partial charge in [0.1, 0.15) is 12.4 Å². The SMILES string of the molecule is CC(COCCOc1ccc(C(C)(C)CC(C)(C)C)cc1)Cc1ccccc1. The van der Waals surface area contributed by atoms with Gasteiger partial charge in [0, 0.05) is 6.61 Å². The van der Waals surface area contributed by atoms with E-state index in [2.05, 4.69) is 96.1 Å². The van der Waals surface area contributed by atoms with Crippen LogP contribution >= 0.6 is 0 Å². The van der Waals surface area contributed by atoms with Crippen molar-refractivity contribution in [1.82, 2.24) is 0 Å².